The van der Waals surface area contributed by atoms with E-state index in [1.165, 1.54) is 17.0 Å². The lowest BCUT2D eigenvalue weighted by Crippen LogP contribution is -2.36. The third-order valence-electron chi connectivity index (χ3n) is 2.85. The van der Waals surface area contributed by atoms with Crippen molar-refractivity contribution >= 4 is 23.4 Å². The summed E-state index contributed by atoms with van der Waals surface area (Å²) in [6.45, 7) is 0.444. The number of benzene rings is 1. The second kappa shape index (κ2) is 4.94. The molecule has 0 radical (unpaired) electrons. The summed E-state index contributed by atoms with van der Waals surface area (Å²) >= 11 is 5.61. The number of nitrogens with one attached hydrogen (secondary N) is 1. The molecule has 1 aliphatic rings. The minimum absolute atomic E-state index is 0.0307. The van der Waals surface area contributed by atoms with E-state index in [4.69, 9.17) is 11.6 Å². The quantitative estimate of drug-likeness (QED) is 0.884. The Bertz CT molecular complexity index is 507. The van der Waals surface area contributed by atoms with Gasteiger partial charge in [0.15, 0.2) is 0 Å². The molecule has 0 bridgehead atoms. The van der Waals surface area contributed by atoms with E-state index < -0.39 is 11.7 Å². The van der Waals surface area contributed by atoms with E-state index in [9.17, 15) is 14.0 Å². The van der Waals surface area contributed by atoms with Crippen LogP contribution in [0.5, 0.6) is 0 Å². The maximum atomic E-state index is 13.5. The van der Waals surface area contributed by atoms with Gasteiger partial charge in [-0.2, -0.15) is 0 Å². The Morgan fingerprint density at radius 2 is 2.28 bits per heavy atom. The summed E-state index contributed by atoms with van der Waals surface area (Å²) in [7, 11) is 1.66. The molecule has 4 nitrogen and oxygen atoms in total. The Hall–Kier alpha value is -1.62. The molecule has 0 aliphatic carbocycles. The standard InChI is InChI=1S/C12H12ClFN2O2/c1-16-6-8(5-11(16)17)15-12(18)9-3-2-7(13)4-10(9)14/h2-4,8H,5-6H2,1H3,(H,15,18)/t8-/m0/s1. The first-order valence-electron chi connectivity index (χ1n) is 5.47. The predicted molar refractivity (Wildman–Crippen MR) is 64.9 cm³/mol. The summed E-state index contributed by atoms with van der Waals surface area (Å²) < 4.78 is 13.5. The zero-order chi connectivity index (χ0) is 13.3. The first kappa shape index (κ1) is 12.8. The fraction of sp³-hybridized carbons (Fsp3) is 0.333. The van der Waals surface area contributed by atoms with Crippen LogP contribution in [0.2, 0.25) is 5.02 Å². The van der Waals surface area contributed by atoms with Gasteiger partial charge in [-0.3, -0.25) is 9.59 Å². The summed E-state index contributed by atoms with van der Waals surface area (Å²) in [5.41, 5.74) is -0.0681. The van der Waals surface area contributed by atoms with E-state index >= 15 is 0 Å². The molecule has 0 aromatic heterocycles. The summed E-state index contributed by atoms with van der Waals surface area (Å²) in [6, 6.07) is 3.59. The Labute approximate surface area is 109 Å². The molecule has 1 aromatic carbocycles. The molecule has 1 saturated heterocycles. The van der Waals surface area contributed by atoms with Crippen molar-refractivity contribution in [2.45, 2.75) is 12.5 Å². The molecule has 1 aliphatic heterocycles. The highest BCUT2D eigenvalue weighted by Crippen LogP contribution is 2.15. The number of rotatable bonds is 2. The van der Waals surface area contributed by atoms with Gasteiger partial charge in [0, 0.05) is 25.0 Å². The molecule has 1 N–H and O–H groups in total. The monoisotopic (exact) mass is 270 g/mol. The molecule has 0 unspecified atom stereocenters. The first-order chi connectivity index (χ1) is 8.47. The van der Waals surface area contributed by atoms with Gasteiger partial charge in [-0.05, 0) is 18.2 Å². The number of likely N-dealkylation sites (N-methyl/N-ethyl adjacent to an activating group) is 1. The van der Waals surface area contributed by atoms with E-state index in [1.54, 1.807) is 7.05 Å². The second-order valence-electron chi connectivity index (χ2n) is 4.27. The normalized spacial score (nSPS) is 19.2. The number of hydrogen-bond acceptors (Lipinski definition) is 2. The van der Waals surface area contributed by atoms with Gasteiger partial charge in [0.05, 0.1) is 11.6 Å². The molecule has 6 heteroatoms. The number of amides is 2. The van der Waals surface area contributed by atoms with Crippen LogP contribution < -0.4 is 5.32 Å². The van der Waals surface area contributed by atoms with Crippen molar-refractivity contribution < 1.29 is 14.0 Å². The third kappa shape index (κ3) is 2.61. The van der Waals surface area contributed by atoms with Gasteiger partial charge in [0.2, 0.25) is 5.91 Å². The summed E-state index contributed by atoms with van der Waals surface area (Å²) in [4.78, 5) is 24.7. The first-order valence-corrected chi connectivity index (χ1v) is 5.85. The van der Waals surface area contributed by atoms with E-state index in [2.05, 4.69) is 5.32 Å². The van der Waals surface area contributed by atoms with Crippen LogP contribution in [0, 0.1) is 5.82 Å². The second-order valence-corrected chi connectivity index (χ2v) is 4.71. The number of likely N-dealkylation sites (tertiary alicyclic amines) is 1. The minimum atomic E-state index is -0.669. The van der Waals surface area contributed by atoms with Gasteiger partial charge in [-0.1, -0.05) is 11.6 Å². The molecule has 18 heavy (non-hydrogen) atoms. The van der Waals surface area contributed by atoms with Gasteiger partial charge in [0.1, 0.15) is 5.82 Å². The summed E-state index contributed by atoms with van der Waals surface area (Å²) in [5.74, 6) is -1.23. The molecular formula is C12H12ClFN2O2. The van der Waals surface area contributed by atoms with Crippen molar-refractivity contribution in [3.8, 4) is 0 Å². The largest absolute Gasteiger partial charge is 0.347 e. The zero-order valence-corrected chi connectivity index (χ0v) is 10.5. The van der Waals surface area contributed by atoms with Crippen LogP contribution in [0.25, 0.3) is 0 Å². The highest BCUT2D eigenvalue weighted by molar-refractivity contribution is 6.30. The van der Waals surface area contributed by atoms with Crippen molar-refractivity contribution in [1.29, 1.82) is 0 Å². The molecule has 1 fully saturated rings. The Morgan fingerprint density at radius 1 is 1.56 bits per heavy atom. The van der Waals surface area contributed by atoms with E-state index in [0.29, 0.717) is 6.54 Å². The topological polar surface area (TPSA) is 49.4 Å². The molecular weight excluding hydrogens is 259 g/mol. The molecule has 0 saturated carbocycles. The number of carbonyl (C=O) groups is 2. The van der Waals surface area contributed by atoms with E-state index in [1.807, 2.05) is 0 Å². The lowest BCUT2D eigenvalue weighted by Gasteiger charge is -2.12. The maximum Gasteiger partial charge on any atom is 0.254 e. The molecule has 1 atom stereocenters. The van der Waals surface area contributed by atoms with Gasteiger partial charge in [-0.15, -0.1) is 0 Å². The SMILES string of the molecule is CN1C[C@@H](NC(=O)c2ccc(Cl)cc2F)CC1=O. The van der Waals surface area contributed by atoms with Crippen LogP contribution in [-0.2, 0) is 4.79 Å². The number of hydrogen-bond donors (Lipinski definition) is 1. The lowest BCUT2D eigenvalue weighted by molar-refractivity contribution is -0.126. The Morgan fingerprint density at radius 3 is 2.83 bits per heavy atom. The van der Waals surface area contributed by atoms with Gasteiger partial charge >= 0.3 is 0 Å². The fourth-order valence-corrected chi connectivity index (χ4v) is 2.06. The van der Waals surface area contributed by atoms with Gasteiger partial charge < -0.3 is 10.2 Å². The number of carbonyl (C=O) groups excluding carboxylic acids is 2. The number of nitrogens with zero attached hydrogens (tertiary/aromatic N) is 1. The predicted octanol–water partition coefficient (Wildman–Crippen LogP) is 1.44. The fourth-order valence-electron chi connectivity index (χ4n) is 1.90. The molecule has 0 spiro atoms. The van der Waals surface area contributed by atoms with Crippen molar-refractivity contribution in [1.82, 2.24) is 10.2 Å². The van der Waals surface area contributed by atoms with Crippen LogP contribution in [0.1, 0.15) is 16.8 Å². The summed E-state index contributed by atoms with van der Waals surface area (Å²) in [5, 5.41) is 2.87. The van der Waals surface area contributed by atoms with E-state index in [0.717, 1.165) is 6.07 Å². The minimum Gasteiger partial charge on any atom is -0.347 e. The van der Waals surface area contributed by atoms with Crippen molar-refractivity contribution in [3.63, 3.8) is 0 Å². The van der Waals surface area contributed by atoms with Gasteiger partial charge in [-0.25, -0.2) is 4.39 Å². The average Bonchev–Trinajstić information content (AvgIpc) is 2.57. The lowest BCUT2D eigenvalue weighted by atomic mass is 10.1. The zero-order valence-electron chi connectivity index (χ0n) is 9.74. The van der Waals surface area contributed by atoms with Crippen LogP contribution in [0.15, 0.2) is 18.2 Å². The molecule has 1 heterocycles. The van der Waals surface area contributed by atoms with Crippen LogP contribution in [-0.4, -0.2) is 36.3 Å². The van der Waals surface area contributed by atoms with Crippen molar-refractivity contribution in [2.75, 3.05) is 13.6 Å². The van der Waals surface area contributed by atoms with Gasteiger partial charge in [0.25, 0.3) is 5.91 Å². The maximum absolute atomic E-state index is 13.5. The van der Waals surface area contributed by atoms with Crippen molar-refractivity contribution in [3.05, 3.63) is 34.6 Å². The Kier molecular flexibility index (Phi) is 3.52. The smallest absolute Gasteiger partial charge is 0.254 e. The molecule has 2 rings (SSSR count). The highest BCUT2D eigenvalue weighted by atomic mass is 35.5. The van der Waals surface area contributed by atoms with Crippen molar-refractivity contribution in [2.24, 2.45) is 0 Å². The van der Waals surface area contributed by atoms with E-state index in [-0.39, 0.29) is 29.0 Å². The number of halogens is 2. The average molecular weight is 271 g/mol. The third-order valence-corrected chi connectivity index (χ3v) is 3.09. The Balaban J connectivity index is 2.06. The molecule has 96 valence electrons. The van der Waals surface area contributed by atoms with Crippen LogP contribution in [0.3, 0.4) is 0 Å². The summed E-state index contributed by atoms with van der Waals surface area (Å²) in [6.07, 6.45) is 0.247. The van der Waals surface area contributed by atoms with Crippen LogP contribution >= 0.6 is 11.6 Å². The molecule has 1 aromatic rings. The molecule has 2 amide bonds. The van der Waals surface area contributed by atoms with Crippen LogP contribution in [0.4, 0.5) is 4.39 Å². The highest BCUT2D eigenvalue weighted by Gasteiger charge is 2.28.